The van der Waals surface area contributed by atoms with Crippen LogP contribution >= 0.6 is 0 Å². The smallest absolute Gasteiger partial charge is 0.0387 e. The Hall–Kier alpha value is -5.16. The first-order valence-electron chi connectivity index (χ1n) is 14.1. The third-order valence-electron chi connectivity index (χ3n) is 6.89. The van der Waals surface area contributed by atoms with Gasteiger partial charge in [0.2, 0.25) is 0 Å². The van der Waals surface area contributed by atoms with Gasteiger partial charge in [0, 0.05) is 35.8 Å². The highest BCUT2D eigenvalue weighted by Crippen LogP contribution is 2.26. The van der Waals surface area contributed by atoms with Crippen molar-refractivity contribution in [3.63, 3.8) is 0 Å². The zero-order valence-corrected chi connectivity index (χ0v) is 23.6. The molecule has 0 spiro atoms. The summed E-state index contributed by atoms with van der Waals surface area (Å²) in [5.41, 5.74) is 22.8. The minimum absolute atomic E-state index is 0.539. The first-order chi connectivity index (χ1) is 20.7. The fourth-order valence-corrected chi connectivity index (χ4v) is 4.64. The lowest BCUT2D eigenvalue weighted by atomic mass is 10.0. The fraction of sp³-hybridized carbons (Fsp3) is 0.0526. The van der Waals surface area contributed by atoms with Crippen molar-refractivity contribution in [1.29, 1.82) is 0 Å². The maximum atomic E-state index is 5.73. The molecule has 4 nitrogen and oxygen atoms in total. The van der Waals surface area contributed by atoms with Gasteiger partial charge in [-0.1, -0.05) is 109 Å². The first kappa shape index (κ1) is 28.4. The van der Waals surface area contributed by atoms with E-state index in [0.717, 1.165) is 33.9 Å². The Balaban J connectivity index is 0.000000244. The Kier molecular flexibility index (Phi) is 9.77. The van der Waals surface area contributed by atoms with Gasteiger partial charge < -0.3 is 22.1 Å². The molecule has 6 aromatic rings. The second-order valence-corrected chi connectivity index (χ2v) is 9.95. The van der Waals surface area contributed by atoms with Gasteiger partial charge in [0.05, 0.1) is 0 Å². The van der Waals surface area contributed by atoms with Gasteiger partial charge >= 0.3 is 0 Å². The largest absolute Gasteiger partial charge is 0.356 e. The van der Waals surface area contributed by atoms with E-state index in [9.17, 15) is 0 Å². The lowest BCUT2D eigenvalue weighted by molar-refractivity contribution is 1.07. The first-order valence-corrected chi connectivity index (χ1v) is 14.1. The second-order valence-electron chi connectivity index (χ2n) is 9.95. The number of hydrogen-bond acceptors (Lipinski definition) is 4. The van der Waals surface area contributed by atoms with Crippen LogP contribution in [0.2, 0.25) is 0 Å². The van der Waals surface area contributed by atoms with Crippen LogP contribution in [0, 0.1) is 0 Å². The minimum atomic E-state index is 0.539. The van der Waals surface area contributed by atoms with Crippen molar-refractivity contribution < 1.29 is 0 Å². The van der Waals surface area contributed by atoms with Gasteiger partial charge in [0.25, 0.3) is 0 Å². The van der Waals surface area contributed by atoms with E-state index in [0.29, 0.717) is 13.1 Å². The van der Waals surface area contributed by atoms with Crippen LogP contribution in [0.4, 0.5) is 22.7 Å². The minimum Gasteiger partial charge on any atom is -0.356 e. The molecule has 0 unspecified atom stereocenters. The van der Waals surface area contributed by atoms with E-state index in [4.69, 9.17) is 11.5 Å². The number of benzene rings is 6. The summed E-state index contributed by atoms with van der Waals surface area (Å²) in [5, 5.41) is 6.86. The number of anilines is 4. The van der Waals surface area contributed by atoms with Gasteiger partial charge in [-0.3, -0.25) is 0 Å². The average Bonchev–Trinajstić information content (AvgIpc) is 3.07. The van der Waals surface area contributed by atoms with E-state index in [1.165, 1.54) is 22.3 Å². The summed E-state index contributed by atoms with van der Waals surface area (Å²) in [6.07, 6.45) is 0. The van der Waals surface area contributed by atoms with Crippen LogP contribution in [0.25, 0.3) is 22.3 Å². The average molecular weight is 549 g/mol. The molecule has 208 valence electrons. The molecule has 0 aliphatic heterocycles. The summed E-state index contributed by atoms with van der Waals surface area (Å²) in [4.78, 5) is 0. The standard InChI is InChI=1S/C26H26N4.C12H10/c27-17-19-3-1-5-25(15-19)29-23-11-7-21(8-12-23)22-9-13-24(14-10-22)30-26-6-2-4-20(16-26)18-28;1-3-7-11(8-4-1)12-9-5-2-6-10-12/h1-16,29-30H,17-18,27-28H2;1-10H. The Morgan fingerprint density at radius 1 is 0.333 bits per heavy atom. The molecule has 0 fully saturated rings. The molecule has 0 bridgehead atoms. The normalized spacial score (nSPS) is 10.3. The molecule has 0 aromatic heterocycles. The van der Waals surface area contributed by atoms with Gasteiger partial charge in [-0.15, -0.1) is 0 Å². The van der Waals surface area contributed by atoms with E-state index in [-0.39, 0.29) is 0 Å². The lowest BCUT2D eigenvalue weighted by Gasteiger charge is -2.10. The van der Waals surface area contributed by atoms with Crippen LogP contribution in [-0.4, -0.2) is 0 Å². The predicted molar refractivity (Wildman–Crippen MR) is 179 cm³/mol. The molecule has 0 saturated heterocycles. The second kappa shape index (κ2) is 14.5. The summed E-state index contributed by atoms with van der Waals surface area (Å²) in [7, 11) is 0. The van der Waals surface area contributed by atoms with Crippen molar-refractivity contribution in [3.8, 4) is 22.3 Å². The van der Waals surface area contributed by atoms with Crippen LogP contribution in [0.1, 0.15) is 11.1 Å². The third-order valence-corrected chi connectivity index (χ3v) is 6.89. The molecular formula is C38H36N4. The van der Waals surface area contributed by atoms with Crippen molar-refractivity contribution in [1.82, 2.24) is 0 Å². The summed E-state index contributed by atoms with van der Waals surface area (Å²) in [6.45, 7) is 1.08. The summed E-state index contributed by atoms with van der Waals surface area (Å²) in [5.74, 6) is 0. The van der Waals surface area contributed by atoms with E-state index < -0.39 is 0 Å². The van der Waals surface area contributed by atoms with Crippen molar-refractivity contribution >= 4 is 22.7 Å². The van der Waals surface area contributed by atoms with E-state index in [1.807, 2.05) is 48.5 Å². The van der Waals surface area contributed by atoms with E-state index >= 15 is 0 Å². The van der Waals surface area contributed by atoms with Crippen LogP contribution in [0.15, 0.2) is 158 Å². The van der Waals surface area contributed by atoms with Gasteiger partial charge in [-0.2, -0.15) is 0 Å². The van der Waals surface area contributed by atoms with Crippen molar-refractivity contribution in [2.75, 3.05) is 10.6 Å². The van der Waals surface area contributed by atoms with Crippen molar-refractivity contribution in [2.24, 2.45) is 11.5 Å². The van der Waals surface area contributed by atoms with Crippen LogP contribution < -0.4 is 22.1 Å². The maximum Gasteiger partial charge on any atom is 0.0387 e. The topological polar surface area (TPSA) is 76.1 Å². The van der Waals surface area contributed by atoms with Crippen LogP contribution in [0.3, 0.4) is 0 Å². The Bertz CT molecular complexity index is 1530. The van der Waals surface area contributed by atoms with Gasteiger partial charge in [0.15, 0.2) is 0 Å². The Morgan fingerprint density at radius 3 is 1.05 bits per heavy atom. The number of nitrogens with one attached hydrogen (secondary N) is 2. The SMILES string of the molecule is NCc1cccc(Nc2ccc(-c3ccc(Nc4cccc(CN)c4)cc3)cc2)c1.c1ccc(-c2ccccc2)cc1. The molecule has 0 aliphatic carbocycles. The van der Waals surface area contributed by atoms with Crippen LogP contribution in [-0.2, 0) is 13.1 Å². The van der Waals surface area contributed by atoms with E-state index in [2.05, 4.69) is 120 Å². The highest BCUT2D eigenvalue weighted by Gasteiger charge is 2.02. The highest BCUT2D eigenvalue weighted by atomic mass is 14.9. The molecule has 6 N–H and O–H groups in total. The number of nitrogens with two attached hydrogens (primary N) is 2. The monoisotopic (exact) mass is 548 g/mol. The molecule has 0 heterocycles. The molecule has 4 heteroatoms. The Labute approximate surface area is 248 Å². The van der Waals surface area contributed by atoms with Crippen molar-refractivity contribution in [2.45, 2.75) is 13.1 Å². The molecule has 0 amide bonds. The highest BCUT2D eigenvalue weighted by molar-refractivity contribution is 5.71. The predicted octanol–water partition coefficient (Wildman–Crippen LogP) is 9.11. The van der Waals surface area contributed by atoms with Gasteiger partial charge in [0.1, 0.15) is 0 Å². The quantitative estimate of drug-likeness (QED) is 0.153. The summed E-state index contributed by atoms with van der Waals surface area (Å²) in [6, 6.07) is 54.0. The third kappa shape index (κ3) is 7.95. The van der Waals surface area contributed by atoms with Crippen molar-refractivity contribution in [3.05, 3.63) is 169 Å². The Morgan fingerprint density at radius 2 is 0.690 bits per heavy atom. The lowest BCUT2D eigenvalue weighted by Crippen LogP contribution is -1.97. The molecule has 42 heavy (non-hydrogen) atoms. The zero-order valence-electron chi connectivity index (χ0n) is 23.6. The molecule has 0 aliphatic rings. The number of hydrogen-bond donors (Lipinski definition) is 4. The maximum absolute atomic E-state index is 5.73. The molecule has 6 rings (SSSR count). The summed E-state index contributed by atoms with van der Waals surface area (Å²) >= 11 is 0. The van der Waals surface area contributed by atoms with Gasteiger partial charge in [-0.05, 0) is 81.9 Å². The molecule has 6 aromatic carbocycles. The zero-order chi connectivity index (χ0) is 29.0. The van der Waals surface area contributed by atoms with Gasteiger partial charge in [-0.25, -0.2) is 0 Å². The molecule has 0 saturated carbocycles. The fourth-order valence-electron chi connectivity index (χ4n) is 4.64. The molecule has 0 radical (unpaired) electrons. The molecular weight excluding hydrogens is 512 g/mol. The number of rotatable bonds is 8. The molecule has 0 atom stereocenters. The van der Waals surface area contributed by atoms with Crippen LogP contribution in [0.5, 0.6) is 0 Å². The van der Waals surface area contributed by atoms with E-state index in [1.54, 1.807) is 0 Å². The summed E-state index contributed by atoms with van der Waals surface area (Å²) < 4.78 is 0.